The van der Waals surface area contributed by atoms with Crippen molar-refractivity contribution in [1.82, 2.24) is 10.3 Å². The average molecular weight is 198 g/mol. The first kappa shape index (κ1) is 9.28. The smallest absolute Gasteiger partial charge is 0.142 e. The number of fused-ring (bicyclic) bond motifs is 1. The Morgan fingerprint density at radius 3 is 3.00 bits per heavy atom. The van der Waals surface area contributed by atoms with Crippen LogP contribution in [0.5, 0.6) is 0 Å². The van der Waals surface area contributed by atoms with Gasteiger partial charge in [-0.3, -0.25) is 0 Å². The first-order valence-corrected chi connectivity index (χ1v) is 4.62. The van der Waals surface area contributed by atoms with Crippen molar-refractivity contribution in [3.05, 3.63) is 47.9 Å². The van der Waals surface area contributed by atoms with Crippen LogP contribution in [0.4, 0.5) is 5.82 Å². The van der Waals surface area contributed by atoms with E-state index in [9.17, 15) is 0 Å². The van der Waals surface area contributed by atoms with Crippen LogP contribution in [-0.2, 0) is 6.54 Å². The summed E-state index contributed by atoms with van der Waals surface area (Å²) in [4.78, 5) is 4.18. The molecule has 15 heavy (non-hydrogen) atoms. The number of nitriles is 1. The maximum atomic E-state index is 8.73. The number of nitrogens with one attached hydrogen (secondary N) is 2. The highest BCUT2D eigenvalue weighted by Crippen LogP contribution is 2.13. The highest BCUT2D eigenvalue weighted by atomic mass is 15.0. The second-order valence-electron chi connectivity index (χ2n) is 3.06. The van der Waals surface area contributed by atoms with Gasteiger partial charge >= 0.3 is 0 Å². The van der Waals surface area contributed by atoms with Crippen LogP contribution in [0.3, 0.4) is 0 Å². The number of hydrogen-bond donors (Lipinski definition) is 2. The summed E-state index contributed by atoms with van der Waals surface area (Å²) in [5.74, 6) is 0.724. The third-order valence-electron chi connectivity index (χ3n) is 2.03. The molecule has 0 bridgehead atoms. The Kier molecular flexibility index (Phi) is 2.65. The van der Waals surface area contributed by atoms with E-state index >= 15 is 0 Å². The molecule has 0 fully saturated rings. The molecule has 2 rings (SSSR count). The van der Waals surface area contributed by atoms with Gasteiger partial charge in [-0.25, -0.2) is 4.98 Å². The summed E-state index contributed by atoms with van der Waals surface area (Å²) in [5, 5.41) is 14.9. The minimum absolute atomic E-state index is 0.418. The van der Waals surface area contributed by atoms with Gasteiger partial charge in [0.05, 0.1) is 0 Å². The Labute approximate surface area is 87.9 Å². The molecule has 1 aromatic rings. The summed E-state index contributed by atoms with van der Waals surface area (Å²) >= 11 is 0. The summed E-state index contributed by atoms with van der Waals surface area (Å²) < 4.78 is 0. The van der Waals surface area contributed by atoms with Crippen molar-refractivity contribution >= 4 is 5.82 Å². The van der Waals surface area contributed by atoms with Crippen LogP contribution in [0.2, 0.25) is 0 Å². The molecule has 0 aliphatic carbocycles. The molecule has 0 aromatic carbocycles. The lowest BCUT2D eigenvalue weighted by molar-refractivity contribution is 0.866. The summed E-state index contributed by atoms with van der Waals surface area (Å²) in [7, 11) is 0. The van der Waals surface area contributed by atoms with Gasteiger partial charge in [-0.1, -0.05) is 6.07 Å². The van der Waals surface area contributed by atoms with E-state index < -0.39 is 0 Å². The van der Waals surface area contributed by atoms with Crippen LogP contribution in [0, 0.1) is 11.3 Å². The Hall–Kier alpha value is -2.28. The number of rotatable bonds is 0. The minimum Gasteiger partial charge on any atom is -0.387 e. The predicted octanol–water partition coefficient (Wildman–Crippen LogP) is 1.50. The monoisotopic (exact) mass is 198 g/mol. The van der Waals surface area contributed by atoms with E-state index in [2.05, 4.69) is 15.6 Å². The van der Waals surface area contributed by atoms with Gasteiger partial charge in [0.25, 0.3) is 0 Å². The van der Waals surface area contributed by atoms with E-state index in [4.69, 9.17) is 5.26 Å². The standard InChI is InChI=1S/C11H10N4/c12-7-10-4-3-9-8-13-5-1-2-6-14-11(9)15-10/h1-6,13H,8H2,(H,14,15)/b5-1-,6-2-. The molecule has 74 valence electrons. The Morgan fingerprint density at radius 1 is 1.27 bits per heavy atom. The lowest BCUT2D eigenvalue weighted by atomic mass is 10.2. The third-order valence-corrected chi connectivity index (χ3v) is 2.03. The molecule has 0 amide bonds. The van der Waals surface area contributed by atoms with Gasteiger partial charge in [-0.15, -0.1) is 0 Å². The number of aromatic nitrogens is 1. The van der Waals surface area contributed by atoms with Gasteiger partial charge in [0.1, 0.15) is 17.6 Å². The van der Waals surface area contributed by atoms with Gasteiger partial charge in [0.15, 0.2) is 0 Å². The fraction of sp³-hybridized carbons (Fsp3) is 0.0909. The lowest BCUT2D eigenvalue weighted by Gasteiger charge is -2.07. The van der Waals surface area contributed by atoms with Gasteiger partial charge in [-0.05, 0) is 24.4 Å². The maximum Gasteiger partial charge on any atom is 0.142 e. The number of nitrogens with zero attached hydrogens (tertiary/aromatic N) is 2. The highest BCUT2D eigenvalue weighted by Gasteiger charge is 2.04. The molecule has 0 radical (unpaired) electrons. The second kappa shape index (κ2) is 4.29. The average Bonchev–Trinajstić information content (AvgIpc) is 2.39. The van der Waals surface area contributed by atoms with Crippen LogP contribution >= 0.6 is 0 Å². The van der Waals surface area contributed by atoms with Crippen molar-refractivity contribution in [3.8, 4) is 6.07 Å². The zero-order valence-corrected chi connectivity index (χ0v) is 8.07. The van der Waals surface area contributed by atoms with Gasteiger partial charge in [-0.2, -0.15) is 5.26 Å². The van der Waals surface area contributed by atoms with Crippen molar-refractivity contribution in [1.29, 1.82) is 5.26 Å². The SMILES string of the molecule is N#Cc1ccc2c(n1)N/C=C\C=C/NC2. The number of anilines is 1. The number of pyridine rings is 1. The first-order chi connectivity index (χ1) is 7.40. The number of hydrogen-bond acceptors (Lipinski definition) is 4. The van der Waals surface area contributed by atoms with E-state index in [1.807, 2.05) is 30.5 Å². The summed E-state index contributed by atoms with van der Waals surface area (Å²) in [5.41, 5.74) is 1.45. The van der Waals surface area contributed by atoms with E-state index in [1.165, 1.54) is 0 Å². The van der Waals surface area contributed by atoms with Crippen molar-refractivity contribution in [2.45, 2.75) is 6.54 Å². The minimum atomic E-state index is 0.418. The van der Waals surface area contributed by atoms with Crippen molar-refractivity contribution in [2.24, 2.45) is 0 Å². The Bertz CT molecular complexity index is 454. The molecule has 1 aliphatic rings. The molecule has 1 aliphatic heterocycles. The molecule has 0 spiro atoms. The molecule has 1 aromatic heterocycles. The highest BCUT2D eigenvalue weighted by molar-refractivity contribution is 5.49. The third kappa shape index (κ3) is 2.15. The van der Waals surface area contributed by atoms with Gasteiger partial charge in [0, 0.05) is 18.3 Å². The lowest BCUT2D eigenvalue weighted by Crippen LogP contribution is -2.07. The molecule has 0 saturated carbocycles. The molecule has 0 atom stereocenters. The van der Waals surface area contributed by atoms with Gasteiger partial charge < -0.3 is 10.6 Å². The van der Waals surface area contributed by atoms with E-state index in [-0.39, 0.29) is 0 Å². The zero-order valence-electron chi connectivity index (χ0n) is 8.07. The van der Waals surface area contributed by atoms with Crippen LogP contribution < -0.4 is 10.6 Å². The van der Waals surface area contributed by atoms with Crippen LogP contribution in [-0.4, -0.2) is 4.98 Å². The summed E-state index contributed by atoms with van der Waals surface area (Å²) in [6.07, 6.45) is 7.41. The van der Waals surface area contributed by atoms with Crippen molar-refractivity contribution in [2.75, 3.05) is 5.32 Å². The molecular formula is C11H10N4. The molecule has 2 heterocycles. The molecule has 0 unspecified atom stereocenters. The molecular weight excluding hydrogens is 188 g/mol. The zero-order chi connectivity index (χ0) is 10.5. The largest absolute Gasteiger partial charge is 0.387 e. The van der Waals surface area contributed by atoms with Crippen molar-refractivity contribution in [3.63, 3.8) is 0 Å². The van der Waals surface area contributed by atoms with Crippen LogP contribution in [0.1, 0.15) is 11.3 Å². The van der Waals surface area contributed by atoms with E-state index in [0.717, 1.165) is 11.4 Å². The Balaban J connectivity index is 2.37. The van der Waals surface area contributed by atoms with Crippen LogP contribution in [0.15, 0.2) is 36.7 Å². The first-order valence-electron chi connectivity index (χ1n) is 4.62. The van der Waals surface area contributed by atoms with Crippen molar-refractivity contribution < 1.29 is 0 Å². The quantitative estimate of drug-likeness (QED) is 0.663. The number of allylic oxidation sites excluding steroid dienone is 2. The fourth-order valence-corrected chi connectivity index (χ4v) is 1.29. The fourth-order valence-electron chi connectivity index (χ4n) is 1.29. The van der Waals surface area contributed by atoms with E-state index in [1.54, 1.807) is 12.3 Å². The molecule has 2 N–H and O–H groups in total. The molecule has 4 heteroatoms. The molecule has 0 saturated heterocycles. The maximum absolute atomic E-state index is 8.73. The van der Waals surface area contributed by atoms with Crippen LogP contribution in [0.25, 0.3) is 0 Å². The second-order valence-corrected chi connectivity index (χ2v) is 3.06. The predicted molar refractivity (Wildman–Crippen MR) is 57.7 cm³/mol. The molecule has 4 nitrogen and oxygen atoms in total. The summed E-state index contributed by atoms with van der Waals surface area (Å²) in [6, 6.07) is 5.63. The normalized spacial score (nSPS) is 17.8. The topological polar surface area (TPSA) is 60.7 Å². The van der Waals surface area contributed by atoms with E-state index in [0.29, 0.717) is 12.2 Å². The van der Waals surface area contributed by atoms with Gasteiger partial charge in [0.2, 0.25) is 0 Å². The summed E-state index contributed by atoms with van der Waals surface area (Å²) in [6.45, 7) is 0.694. The Morgan fingerprint density at radius 2 is 2.13 bits per heavy atom.